The van der Waals surface area contributed by atoms with E-state index in [1.54, 1.807) is 40.9 Å². The normalized spacial score (nSPS) is 25.4. The van der Waals surface area contributed by atoms with Gasteiger partial charge in [0.15, 0.2) is 0 Å². The van der Waals surface area contributed by atoms with Crippen LogP contribution in [0, 0.1) is 11.3 Å². The lowest BCUT2D eigenvalue weighted by atomic mass is 9.89. The number of fused-ring (bicyclic) bond motifs is 4. The van der Waals surface area contributed by atoms with Gasteiger partial charge < -0.3 is 20.1 Å². The molecule has 1 saturated heterocycles. The van der Waals surface area contributed by atoms with Crippen molar-refractivity contribution in [2.45, 2.75) is 85.2 Å². The second-order valence-corrected chi connectivity index (χ2v) is 12.3. The summed E-state index contributed by atoms with van der Waals surface area (Å²) in [5.74, 6) is -1.90. The van der Waals surface area contributed by atoms with Crippen LogP contribution in [0.25, 0.3) is 17.0 Å². The number of methoxy groups -OCH3 is 1. The number of nitrogens with one attached hydrogen (secondary N) is 3. The number of esters is 1. The molecule has 0 radical (unpaired) electrons. The SMILES string of the molecule is COCc1cc2ccc3cc2nc1[C@@H](C)OC(=O)C1CCCN(N1)C(=O)[C@H](C)NC(=O)[C@H](C(C)C)NC(=O)C(C)(C)C=C3. The van der Waals surface area contributed by atoms with Crippen LogP contribution < -0.4 is 16.1 Å². The van der Waals surface area contributed by atoms with Crippen LogP contribution in [0.4, 0.5) is 0 Å². The third kappa shape index (κ3) is 7.40. The first kappa shape index (κ1) is 32.1. The number of hydrogen-bond acceptors (Lipinski definition) is 8. The fourth-order valence-corrected chi connectivity index (χ4v) is 5.24. The van der Waals surface area contributed by atoms with Gasteiger partial charge in [-0.3, -0.25) is 24.2 Å². The van der Waals surface area contributed by atoms with Gasteiger partial charge in [-0.15, -0.1) is 0 Å². The third-order valence-electron chi connectivity index (χ3n) is 7.91. The number of carbonyl (C=O) groups excluding carboxylic acids is 4. The molecule has 0 saturated carbocycles. The van der Waals surface area contributed by atoms with Crippen molar-refractivity contribution >= 4 is 40.7 Å². The van der Waals surface area contributed by atoms with Gasteiger partial charge in [-0.25, -0.2) is 10.4 Å². The third-order valence-corrected chi connectivity index (χ3v) is 7.91. The predicted molar refractivity (Wildman–Crippen MR) is 162 cm³/mol. The second kappa shape index (κ2) is 13.2. The standard InChI is InChI=1S/C32H43N5O6/c1-18(2)26-28(38)33-19(3)29(39)37-14-8-9-24(36-37)30(40)43-20(4)27-23(17-42-7)16-22-11-10-21(15-25(22)34-27)12-13-32(5,6)31(41)35-26/h10-13,15-16,18-20,24,26,36H,8-9,14,17H2,1-7H3,(H,33,38)(H,35,41)/t19-,20+,24?,26-/m0/s1. The molecule has 5 bridgehead atoms. The zero-order chi connectivity index (χ0) is 31.5. The van der Waals surface area contributed by atoms with Crippen LogP contribution in [0.2, 0.25) is 0 Å². The molecule has 3 N–H and O–H groups in total. The van der Waals surface area contributed by atoms with Gasteiger partial charge in [0.05, 0.1) is 23.2 Å². The van der Waals surface area contributed by atoms with Gasteiger partial charge in [0, 0.05) is 24.6 Å². The maximum Gasteiger partial charge on any atom is 0.325 e. The monoisotopic (exact) mass is 593 g/mol. The van der Waals surface area contributed by atoms with E-state index in [0.29, 0.717) is 30.6 Å². The molecule has 0 aliphatic carbocycles. The minimum atomic E-state index is -0.946. The number of ether oxygens (including phenoxy) is 2. The molecule has 43 heavy (non-hydrogen) atoms. The maximum absolute atomic E-state index is 13.4. The summed E-state index contributed by atoms with van der Waals surface area (Å²) >= 11 is 0. The Labute approximate surface area is 252 Å². The van der Waals surface area contributed by atoms with E-state index in [4.69, 9.17) is 14.5 Å². The summed E-state index contributed by atoms with van der Waals surface area (Å²) in [7, 11) is 1.60. The lowest BCUT2D eigenvalue weighted by Gasteiger charge is -2.35. The van der Waals surface area contributed by atoms with Crippen LogP contribution in [0.3, 0.4) is 0 Å². The number of hydrazine groups is 1. The number of benzene rings is 1. The Kier molecular flexibility index (Phi) is 9.86. The minimum Gasteiger partial charge on any atom is -0.455 e. The van der Waals surface area contributed by atoms with E-state index in [1.165, 1.54) is 5.01 Å². The highest BCUT2D eigenvalue weighted by Gasteiger charge is 2.35. The van der Waals surface area contributed by atoms with Crippen molar-refractivity contribution in [1.82, 2.24) is 26.1 Å². The number of cyclic esters (lactones) is 1. The fourth-order valence-electron chi connectivity index (χ4n) is 5.24. The van der Waals surface area contributed by atoms with Crippen LogP contribution in [0.1, 0.15) is 77.3 Å². The Hall–Kier alpha value is -3.83. The van der Waals surface area contributed by atoms with E-state index in [0.717, 1.165) is 16.5 Å². The molecule has 1 aromatic heterocycles. The van der Waals surface area contributed by atoms with Crippen molar-refractivity contribution in [3.05, 3.63) is 47.2 Å². The van der Waals surface area contributed by atoms with Crippen LogP contribution in [0.15, 0.2) is 30.3 Å². The average molecular weight is 594 g/mol. The van der Waals surface area contributed by atoms with E-state index < -0.39 is 47.4 Å². The molecule has 11 heteroatoms. The van der Waals surface area contributed by atoms with Crippen molar-refractivity contribution in [3.63, 3.8) is 0 Å². The summed E-state index contributed by atoms with van der Waals surface area (Å²) in [5, 5.41) is 7.88. The lowest BCUT2D eigenvalue weighted by Crippen LogP contribution is -2.61. The molecule has 2 aliphatic heterocycles. The topological polar surface area (TPSA) is 139 Å². The summed E-state index contributed by atoms with van der Waals surface area (Å²) in [6, 6.07) is 5.28. The number of amides is 3. The highest BCUT2D eigenvalue weighted by molar-refractivity contribution is 5.94. The summed E-state index contributed by atoms with van der Waals surface area (Å²) in [5.41, 5.74) is 4.95. The van der Waals surface area contributed by atoms with E-state index in [2.05, 4.69) is 16.1 Å². The molecule has 4 rings (SSSR count). The molecule has 1 fully saturated rings. The summed E-state index contributed by atoms with van der Waals surface area (Å²) in [6.07, 6.45) is 4.01. The van der Waals surface area contributed by atoms with Crippen LogP contribution in [-0.2, 0) is 35.3 Å². The average Bonchev–Trinajstić information content (AvgIpc) is 2.97. The van der Waals surface area contributed by atoms with E-state index in [9.17, 15) is 19.2 Å². The highest BCUT2D eigenvalue weighted by Crippen LogP contribution is 2.28. The molecule has 3 heterocycles. The van der Waals surface area contributed by atoms with Gasteiger partial charge in [-0.2, -0.15) is 0 Å². The maximum atomic E-state index is 13.4. The van der Waals surface area contributed by atoms with Crippen molar-refractivity contribution in [2.75, 3.05) is 13.7 Å². The molecular weight excluding hydrogens is 550 g/mol. The molecule has 3 amide bonds. The Balaban J connectivity index is 1.76. The van der Waals surface area contributed by atoms with Gasteiger partial charge in [-0.1, -0.05) is 38.1 Å². The molecule has 4 atom stereocenters. The van der Waals surface area contributed by atoms with E-state index in [1.807, 2.05) is 44.2 Å². The minimum absolute atomic E-state index is 0.231. The van der Waals surface area contributed by atoms with Crippen molar-refractivity contribution in [3.8, 4) is 0 Å². The molecule has 11 nitrogen and oxygen atoms in total. The first-order chi connectivity index (χ1) is 20.3. The molecule has 0 spiro atoms. The molecule has 1 aromatic carbocycles. The van der Waals surface area contributed by atoms with Crippen LogP contribution in [0.5, 0.6) is 0 Å². The molecule has 2 aliphatic rings. The van der Waals surface area contributed by atoms with E-state index >= 15 is 0 Å². The number of pyridine rings is 1. The Bertz CT molecular complexity index is 1420. The highest BCUT2D eigenvalue weighted by atomic mass is 16.5. The predicted octanol–water partition coefficient (Wildman–Crippen LogP) is 3.18. The Morgan fingerprint density at radius 2 is 1.86 bits per heavy atom. The van der Waals surface area contributed by atoms with Gasteiger partial charge in [0.25, 0.3) is 5.91 Å². The first-order valence-corrected chi connectivity index (χ1v) is 14.8. The van der Waals surface area contributed by atoms with Crippen LogP contribution >= 0.6 is 0 Å². The van der Waals surface area contributed by atoms with E-state index in [-0.39, 0.29) is 18.4 Å². The fraction of sp³-hybridized carbons (Fsp3) is 0.531. The van der Waals surface area contributed by atoms with Gasteiger partial charge >= 0.3 is 5.97 Å². The number of carbonyl (C=O) groups is 4. The summed E-state index contributed by atoms with van der Waals surface area (Å²) < 4.78 is 11.3. The molecule has 232 valence electrons. The quantitative estimate of drug-likeness (QED) is 0.462. The molecule has 1 unspecified atom stereocenters. The van der Waals surface area contributed by atoms with Crippen LogP contribution in [-0.4, -0.2) is 65.5 Å². The Morgan fingerprint density at radius 3 is 2.56 bits per heavy atom. The molecular formula is C32H43N5O6. The number of nitrogens with zero attached hydrogens (tertiary/aromatic N) is 2. The number of hydrogen-bond donors (Lipinski definition) is 3. The number of rotatable bonds is 3. The zero-order valence-corrected chi connectivity index (χ0v) is 26.0. The largest absolute Gasteiger partial charge is 0.455 e. The van der Waals surface area contributed by atoms with Crippen molar-refractivity contribution < 1.29 is 28.7 Å². The number of aromatic nitrogens is 1. The lowest BCUT2D eigenvalue weighted by molar-refractivity contribution is -0.157. The smallest absolute Gasteiger partial charge is 0.325 e. The second-order valence-electron chi connectivity index (χ2n) is 12.3. The van der Waals surface area contributed by atoms with Crippen molar-refractivity contribution in [1.29, 1.82) is 0 Å². The zero-order valence-electron chi connectivity index (χ0n) is 26.0. The summed E-state index contributed by atoms with van der Waals surface area (Å²) in [6.45, 7) is 11.2. The van der Waals surface area contributed by atoms with Gasteiger partial charge in [0.1, 0.15) is 24.2 Å². The first-order valence-electron chi connectivity index (χ1n) is 14.8. The van der Waals surface area contributed by atoms with Crippen molar-refractivity contribution in [2.24, 2.45) is 11.3 Å². The van der Waals surface area contributed by atoms with Gasteiger partial charge in [0.2, 0.25) is 11.8 Å². The Morgan fingerprint density at radius 1 is 1.12 bits per heavy atom. The van der Waals surface area contributed by atoms with Gasteiger partial charge in [-0.05, 0) is 64.2 Å². The molecule has 2 aromatic rings. The summed E-state index contributed by atoms with van der Waals surface area (Å²) in [4.78, 5) is 58.1.